The van der Waals surface area contributed by atoms with Crippen LogP contribution in [0.2, 0.25) is 0 Å². The number of amides is 1. The molecule has 0 aliphatic carbocycles. The van der Waals surface area contributed by atoms with Crippen LogP contribution in [0.4, 0.5) is 0 Å². The molecule has 0 bridgehead atoms. The van der Waals surface area contributed by atoms with E-state index in [0.717, 1.165) is 12.1 Å². The van der Waals surface area contributed by atoms with Crippen LogP contribution < -0.4 is 5.48 Å². The molecule has 2 rings (SSSR count). The van der Waals surface area contributed by atoms with Gasteiger partial charge in [0.15, 0.2) is 0 Å². The lowest BCUT2D eigenvalue weighted by Gasteiger charge is -2.14. The summed E-state index contributed by atoms with van der Waals surface area (Å²) in [5, 5.41) is 8.36. The molecule has 1 aliphatic heterocycles. The van der Waals surface area contributed by atoms with Gasteiger partial charge >= 0.3 is 0 Å². The minimum atomic E-state index is -0.517. The molecule has 1 saturated heterocycles. The molecule has 0 spiro atoms. The van der Waals surface area contributed by atoms with Gasteiger partial charge in [-0.25, -0.2) is 5.48 Å². The summed E-state index contributed by atoms with van der Waals surface area (Å²) in [5.74, 6) is -0.517. The molecular weight excluding hydrogens is 228 g/mol. The first-order chi connectivity index (χ1) is 8.78. The zero-order valence-electron chi connectivity index (χ0n) is 10.3. The van der Waals surface area contributed by atoms with Crippen molar-refractivity contribution in [3.63, 3.8) is 0 Å². The van der Waals surface area contributed by atoms with E-state index in [-0.39, 0.29) is 0 Å². The maximum Gasteiger partial charge on any atom is 0.267 e. The molecule has 1 aromatic rings. The van der Waals surface area contributed by atoms with E-state index < -0.39 is 5.91 Å². The van der Waals surface area contributed by atoms with Crippen LogP contribution in [0.5, 0.6) is 0 Å². The van der Waals surface area contributed by atoms with Gasteiger partial charge in [0.25, 0.3) is 5.91 Å². The summed E-state index contributed by atoms with van der Waals surface area (Å²) in [6.45, 7) is 3.39. The van der Waals surface area contributed by atoms with E-state index in [0.29, 0.717) is 0 Å². The minimum absolute atomic E-state index is 0.517. The fourth-order valence-corrected chi connectivity index (χ4v) is 2.14. The number of nitrogens with one attached hydrogen (secondary N) is 1. The van der Waals surface area contributed by atoms with Gasteiger partial charge in [-0.3, -0.25) is 14.9 Å². The standard InChI is InChI=1S/C14H18N2O2/c17-14(15-18)8-7-12-3-5-13(6-4-12)11-16-9-1-2-10-16/h3-8,18H,1-2,9-11H2,(H,15,17)/b8-7+. The molecule has 4 nitrogen and oxygen atoms in total. The van der Waals surface area contributed by atoms with Crippen LogP contribution >= 0.6 is 0 Å². The molecule has 4 heteroatoms. The zero-order valence-corrected chi connectivity index (χ0v) is 10.3. The molecule has 96 valence electrons. The Morgan fingerprint density at radius 3 is 2.56 bits per heavy atom. The Kier molecular flexibility index (Phi) is 4.50. The number of hydrogen-bond acceptors (Lipinski definition) is 3. The molecule has 1 fully saturated rings. The summed E-state index contributed by atoms with van der Waals surface area (Å²) in [7, 11) is 0. The molecule has 0 atom stereocenters. The number of nitrogens with zero attached hydrogens (tertiary/aromatic N) is 1. The molecule has 2 N–H and O–H groups in total. The molecule has 1 aromatic carbocycles. The SMILES string of the molecule is O=C(/C=C/c1ccc(CN2CCCC2)cc1)NO. The van der Waals surface area contributed by atoms with E-state index in [9.17, 15) is 4.79 Å². The molecular formula is C14H18N2O2. The monoisotopic (exact) mass is 246 g/mol. The normalized spacial score (nSPS) is 16.3. The van der Waals surface area contributed by atoms with Crippen LogP contribution in [-0.4, -0.2) is 29.1 Å². The van der Waals surface area contributed by atoms with Crippen LogP contribution in [0, 0.1) is 0 Å². The van der Waals surface area contributed by atoms with E-state index in [1.807, 2.05) is 12.1 Å². The number of carbonyl (C=O) groups excluding carboxylic acids is 1. The fourth-order valence-electron chi connectivity index (χ4n) is 2.14. The van der Waals surface area contributed by atoms with Crippen molar-refractivity contribution in [3.8, 4) is 0 Å². The van der Waals surface area contributed by atoms with Crippen molar-refractivity contribution in [1.82, 2.24) is 10.4 Å². The number of carbonyl (C=O) groups is 1. The van der Waals surface area contributed by atoms with Gasteiger partial charge in [-0.2, -0.15) is 0 Å². The zero-order chi connectivity index (χ0) is 12.8. The van der Waals surface area contributed by atoms with E-state index in [1.165, 1.54) is 37.6 Å². The summed E-state index contributed by atoms with van der Waals surface area (Å²) in [4.78, 5) is 13.3. The summed E-state index contributed by atoms with van der Waals surface area (Å²) in [6, 6.07) is 8.11. The second kappa shape index (κ2) is 6.33. The predicted octanol–water partition coefficient (Wildman–Crippen LogP) is 1.80. The third-order valence-corrected chi connectivity index (χ3v) is 3.12. The Bertz CT molecular complexity index is 420. The van der Waals surface area contributed by atoms with Crippen molar-refractivity contribution in [3.05, 3.63) is 41.5 Å². The summed E-state index contributed by atoms with van der Waals surface area (Å²) in [5.41, 5.74) is 3.80. The highest BCUT2D eigenvalue weighted by Crippen LogP contribution is 2.13. The minimum Gasteiger partial charge on any atom is -0.299 e. The van der Waals surface area contributed by atoms with Gasteiger partial charge in [0.2, 0.25) is 0 Å². The number of hydroxylamine groups is 1. The Morgan fingerprint density at radius 2 is 1.94 bits per heavy atom. The topological polar surface area (TPSA) is 52.6 Å². The van der Waals surface area contributed by atoms with Crippen LogP contribution in [0.1, 0.15) is 24.0 Å². The van der Waals surface area contributed by atoms with Crippen molar-refractivity contribution < 1.29 is 10.0 Å². The maximum atomic E-state index is 10.8. The van der Waals surface area contributed by atoms with Gasteiger partial charge in [0.05, 0.1) is 0 Å². The molecule has 0 aromatic heterocycles. The van der Waals surface area contributed by atoms with E-state index in [4.69, 9.17) is 5.21 Å². The van der Waals surface area contributed by atoms with Crippen LogP contribution in [0.15, 0.2) is 30.3 Å². The highest BCUT2D eigenvalue weighted by molar-refractivity contribution is 5.90. The number of hydrogen-bond donors (Lipinski definition) is 2. The number of benzene rings is 1. The van der Waals surface area contributed by atoms with Gasteiger partial charge in [0, 0.05) is 12.6 Å². The van der Waals surface area contributed by atoms with Gasteiger partial charge < -0.3 is 0 Å². The van der Waals surface area contributed by atoms with Gasteiger partial charge in [0.1, 0.15) is 0 Å². The van der Waals surface area contributed by atoms with E-state index >= 15 is 0 Å². The van der Waals surface area contributed by atoms with Crippen molar-refractivity contribution in [2.45, 2.75) is 19.4 Å². The summed E-state index contributed by atoms with van der Waals surface area (Å²) < 4.78 is 0. The third kappa shape index (κ3) is 3.68. The van der Waals surface area contributed by atoms with Crippen molar-refractivity contribution in [1.29, 1.82) is 0 Å². The quantitative estimate of drug-likeness (QED) is 0.484. The van der Waals surface area contributed by atoms with Crippen LogP contribution in [0.25, 0.3) is 6.08 Å². The smallest absolute Gasteiger partial charge is 0.267 e. The Morgan fingerprint density at radius 1 is 1.28 bits per heavy atom. The Balaban J connectivity index is 1.92. The average Bonchev–Trinajstić information content (AvgIpc) is 2.90. The number of likely N-dealkylation sites (tertiary alicyclic amines) is 1. The first kappa shape index (κ1) is 12.8. The molecule has 1 aliphatic rings. The molecule has 18 heavy (non-hydrogen) atoms. The molecule has 1 heterocycles. The summed E-state index contributed by atoms with van der Waals surface area (Å²) >= 11 is 0. The molecule has 0 unspecified atom stereocenters. The highest BCUT2D eigenvalue weighted by atomic mass is 16.5. The number of rotatable bonds is 4. The first-order valence-corrected chi connectivity index (χ1v) is 6.21. The van der Waals surface area contributed by atoms with E-state index in [1.54, 1.807) is 11.6 Å². The second-order valence-corrected chi connectivity index (χ2v) is 4.53. The van der Waals surface area contributed by atoms with Crippen molar-refractivity contribution in [2.24, 2.45) is 0 Å². The van der Waals surface area contributed by atoms with Crippen molar-refractivity contribution in [2.75, 3.05) is 13.1 Å². The fraction of sp³-hybridized carbons (Fsp3) is 0.357. The lowest BCUT2D eigenvalue weighted by Crippen LogP contribution is -2.18. The lowest BCUT2D eigenvalue weighted by atomic mass is 10.1. The third-order valence-electron chi connectivity index (χ3n) is 3.12. The largest absolute Gasteiger partial charge is 0.299 e. The predicted molar refractivity (Wildman–Crippen MR) is 69.9 cm³/mol. The van der Waals surface area contributed by atoms with Gasteiger partial charge in [-0.15, -0.1) is 0 Å². The molecule has 0 radical (unpaired) electrons. The lowest BCUT2D eigenvalue weighted by molar-refractivity contribution is -0.124. The Hall–Kier alpha value is -1.65. The summed E-state index contributed by atoms with van der Waals surface area (Å²) in [6.07, 6.45) is 5.58. The average molecular weight is 246 g/mol. The van der Waals surface area contributed by atoms with Gasteiger partial charge in [-0.05, 0) is 43.1 Å². The van der Waals surface area contributed by atoms with Gasteiger partial charge in [-0.1, -0.05) is 24.3 Å². The molecule has 1 amide bonds. The second-order valence-electron chi connectivity index (χ2n) is 4.53. The van der Waals surface area contributed by atoms with Crippen molar-refractivity contribution >= 4 is 12.0 Å². The Labute approximate surface area is 107 Å². The highest BCUT2D eigenvalue weighted by Gasteiger charge is 2.11. The molecule has 0 saturated carbocycles. The van der Waals surface area contributed by atoms with Crippen LogP contribution in [0.3, 0.4) is 0 Å². The van der Waals surface area contributed by atoms with Crippen LogP contribution in [-0.2, 0) is 11.3 Å². The maximum absolute atomic E-state index is 10.8. The first-order valence-electron chi connectivity index (χ1n) is 6.21. The van der Waals surface area contributed by atoms with E-state index in [2.05, 4.69) is 17.0 Å².